The lowest BCUT2D eigenvalue weighted by Gasteiger charge is -2.41. The van der Waals surface area contributed by atoms with Gasteiger partial charge in [0, 0.05) is 53.5 Å². The van der Waals surface area contributed by atoms with Crippen LogP contribution in [0.5, 0.6) is 0 Å². The summed E-state index contributed by atoms with van der Waals surface area (Å²) in [6, 6.07) is 8.68. The predicted molar refractivity (Wildman–Crippen MR) is 423 cm³/mol. The zero-order chi connectivity index (χ0) is 84.5. The summed E-state index contributed by atoms with van der Waals surface area (Å²) in [4.78, 5) is 139. The van der Waals surface area contributed by atoms with E-state index in [0.717, 1.165) is 0 Å². The fraction of sp³-hybridized carbons (Fsp3) is 0.725. The monoisotopic (exact) mass is 1620 g/mol. The summed E-state index contributed by atoms with van der Waals surface area (Å²) in [5, 5.41) is 36.2. The van der Waals surface area contributed by atoms with Gasteiger partial charge in [0.15, 0.2) is 0 Å². The number of carbonyl (C=O) groups is 10. The van der Waals surface area contributed by atoms with Crippen molar-refractivity contribution in [3.8, 4) is 0 Å². The van der Waals surface area contributed by atoms with Gasteiger partial charge in [0.05, 0.1) is 174 Å². The summed E-state index contributed by atoms with van der Waals surface area (Å²) >= 11 is 0. The van der Waals surface area contributed by atoms with E-state index in [0.29, 0.717) is 135 Å². The van der Waals surface area contributed by atoms with Crippen molar-refractivity contribution in [1.82, 2.24) is 41.3 Å². The molecule has 34 nitrogen and oxygen atoms in total. The third-order valence-corrected chi connectivity index (χ3v) is 19.4. The number of nitrogens with zero attached hydrogens (tertiary/aromatic N) is 3. The van der Waals surface area contributed by atoms with E-state index in [-0.39, 0.29) is 89.4 Å². The Morgan fingerprint density at radius 3 is 1.55 bits per heavy atom. The van der Waals surface area contributed by atoms with E-state index in [9.17, 15) is 53.1 Å². The van der Waals surface area contributed by atoms with Crippen molar-refractivity contribution in [2.75, 3.05) is 166 Å². The van der Waals surface area contributed by atoms with Crippen LogP contribution in [0, 0.1) is 29.6 Å². The molecule has 10 amide bonds. The molecule has 648 valence electrons. The number of nitrogens with one attached hydrogen (secondary N) is 6. The minimum atomic E-state index is -1.13. The number of likely N-dealkylation sites (N-methyl/N-ethyl adjacent to an activating group) is 2. The van der Waals surface area contributed by atoms with E-state index in [1.807, 2.05) is 32.0 Å². The minimum Gasteiger partial charge on any atom is -0.481 e. The summed E-state index contributed by atoms with van der Waals surface area (Å²) in [5.41, 5.74) is 6.80. The van der Waals surface area contributed by atoms with E-state index in [4.69, 9.17) is 67.7 Å². The third kappa shape index (κ3) is 38.3. The average Bonchev–Trinajstić information content (AvgIpc) is 1.30. The van der Waals surface area contributed by atoms with Gasteiger partial charge in [0.2, 0.25) is 41.4 Å². The molecule has 1 fully saturated rings. The van der Waals surface area contributed by atoms with Crippen molar-refractivity contribution in [1.29, 1.82) is 0 Å². The molecule has 114 heavy (non-hydrogen) atoms. The highest BCUT2D eigenvalue weighted by Crippen LogP contribution is 2.31. The number of anilines is 1. The van der Waals surface area contributed by atoms with Crippen LogP contribution >= 0.6 is 0 Å². The molecule has 1 unspecified atom stereocenters. The maximum atomic E-state index is 14.9. The fourth-order valence-corrected chi connectivity index (χ4v) is 12.9. The molecule has 2 aromatic rings. The number of aliphatic hydroxyl groups excluding tert-OH is 1. The molecule has 1 saturated heterocycles. The minimum absolute atomic E-state index is 0.0376. The van der Waals surface area contributed by atoms with Crippen LogP contribution < -0.4 is 37.6 Å². The van der Waals surface area contributed by atoms with E-state index in [1.165, 1.54) is 26.2 Å². The second kappa shape index (κ2) is 57.3. The molecular formula is C80H134N10O24. The Kier molecular flexibility index (Phi) is 50.5. The largest absolute Gasteiger partial charge is 0.481 e. The number of carbonyl (C=O) groups excluding carboxylic acids is 9. The molecule has 0 saturated carbocycles. The summed E-state index contributed by atoms with van der Waals surface area (Å²) in [6.45, 7) is 24.4. The van der Waals surface area contributed by atoms with Crippen LogP contribution in [0.25, 0.3) is 0 Å². The van der Waals surface area contributed by atoms with Crippen molar-refractivity contribution in [2.24, 2.45) is 35.3 Å². The lowest BCUT2D eigenvalue weighted by atomic mass is 9.89. The Hall–Kier alpha value is -7.74. The number of aliphatic hydroxyl groups is 1. The van der Waals surface area contributed by atoms with Gasteiger partial charge in [-0.1, -0.05) is 111 Å². The maximum absolute atomic E-state index is 14.9. The Morgan fingerprint density at radius 2 is 1.09 bits per heavy atom. The summed E-state index contributed by atoms with van der Waals surface area (Å²) < 4.78 is 66.9. The van der Waals surface area contributed by atoms with Gasteiger partial charge in [-0.3, -0.25) is 43.3 Å². The first-order chi connectivity index (χ1) is 54.5. The van der Waals surface area contributed by atoms with Crippen molar-refractivity contribution >= 4 is 65.1 Å². The molecule has 0 bridgehead atoms. The van der Waals surface area contributed by atoms with E-state index >= 15 is 0 Å². The van der Waals surface area contributed by atoms with E-state index in [2.05, 4.69) is 31.9 Å². The molecule has 1 aliphatic rings. The van der Waals surface area contributed by atoms with Crippen molar-refractivity contribution in [2.45, 2.75) is 188 Å². The van der Waals surface area contributed by atoms with E-state index < -0.39 is 132 Å². The molecule has 3 rings (SSSR count). The third-order valence-electron chi connectivity index (χ3n) is 19.4. The first-order valence-corrected chi connectivity index (χ1v) is 39.8. The fourth-order valence-electron chi connectivity index (χ4n) is 12.9. The number of likely N-dealkylation sites (tertiary alicyclic amines) is 1. The molecule has 1 heterocycles. The number of hydrogen-bond acceptors (Lipinski definition) is 23. The van der Waals surface area contributed by atoms with Crippen LogP contribution in [0.4, 0.5) is 15.3 Å². The Morgan fingerprint density at radius 1 is 0.579 bits per heavy atom. The van der Waals surface area contributed by atoms with Crippen LogP contribution in [-0.4, -0.2) is 299 Å². The number of urea groups is 1. The lowest BCUT2D eigenvalue weighted by molar-refractivity contribution is -0.148. The number of carboxylic acid groups (broad SMARTS) is 1. The average molecular weight is 1620 g/mol. The molecule has 0 aromatic heterocycles. The highest BCUT2D eigenvalue weighted by molar-refractivity contribution is 5.98. The molecule has 10 N–H and O–H groups in total. The molecule has 1 aliphatic heterocycles. The molecule has 34 heteroatoms. The second-order valence-electron chi connectivity index (χ2n) is 29.2. The van der Waals surface area contributed by atoms with Crippen molar-refractivity contribution < 1.29 is 115 Å². The van der Waals surface area contributed by atoms with Gasteiger partial charge in [-0.15, -0.1) is 0 Å². The number of ether oxygens (including phenoxy) is 12. The normalized spacial score (nSPS) is 15.8. The number of hydrogen-bond donors (Lipinski definition) is 9. The number of methoxy groups -OCH3 is 2. The SMILES string of the molecule is CCC(C)[C@@H]([C@@H](CC(=O)N1CCC[C@H]1[C@H](OC)[C@@H](C)C(=O)N[C@H](C)[C@@H](O)c1ccccc1)OC)N(C)C(=O)[C@@H](NC(=O)[C@H](C(C)C)N(C)C(=O)OCc1ccc(NC(=O)[C@H](CCCNC(N)=O)NC(=O)[C@@H](NC(=O)CCOCCOCCOCCOCCOCCOCCOCCOCCOCCC(=O)O)C(C)C)cc1)C(C)C. The number of primary amides is 1. The number of carboxylic acids is 1. The van der Waals surface area contributed by atoms with Gasteiger partial charge in [0.25, 0.3) is 0 Å². The number of nitrogens with two attached hydrogens (primary N) is 1. The smallest absolute Gasteiger partial charge is 0.410 e. The van der Waals surface area contributed by atoms with Gasteiger partial charge < -0.3 is 114 Å². The molecule has 0 radical (unpaired) electrons. The number of amides is 10. The molecule has 2 aromatic carbocycles. The van der Waals surface area contributed by atoms with Gasteiger partial charge in [-0.2, -0.15) is 0 Å². The van der Waals surface area contributed by atoms with Gasteiger partial charge in [-0.05, 0) is 79.5 Å². The number of aliphatic carboxylic acids is 1. The van der Waals surface area contributed by atoms with Gasteiger partial charge >= 0.3 is 18.1 Å². The quantitative estimate of drug-likeness (QED) is 0.0408. The Labute approximate surface area is 673 Å². The Bertz CT molecular complexity index is 3110. The van der Waals surface area contributed by atoms with Crippen LogP contribution in [0.3, 0.4) is 0 Å². The Balaban J connectivity index is 1.47. The first kappa shape index (κ1) is 100. The second-order valence-corrected chi connectivity index (χ2v) is 29.2. The predicted octanol–water partition coefficient (Wildman–Crippen LogP) is 4.61. The van der Waals surface area contributed by atoms with Crippen molar-refractivity contribution in [3.63, 3.8) is 0 Å². The summed E-state index contributed by atoms with van der Waals surface area (Å²) in [6.07, 6.45) is -1.22. The highest BCUT2D eigenvalue weighted by atomic mass is 16.6. The van der Waals surface area contributed by atoms with Crippen LogP contribution in [-0.2, 0) is 102 Å². The lowest BCUT2D eigenvalue weighted by Crippen LogP contribution is -2.60. The summed E-state index contributed by atoms with van der Waals surface area (Å²) in [5.74, 6) is -6.31. The standard InChI is InChI=1S/C80H134N10O24/c1-15-56(8)71(64(103-13)51-66(92)90-32-20-24-63(90)73(104-14)57(9)74(96)83-58(10)72(95)60-21-17-16-18-22-60)88(11)78(100)69(54(4)5)87-77(99)70(55(6)7)89(12)80(102)114-52-59-25-27-61(28-26-59)84-75(97)62(23-19-31-82-79(81)101)85-76(98)68(53(2)3)86-65(91)29-33-105-35-37-107-39-41-109-43-45-111-47-49-113-50-48-112-46-44-110-42-40-108-38-36-106-34-30-67(93)94/h16-18,21-22,25-28,53-58,62-64,68-73,95H,15,19-20,23-24,29-52H2,1-14H3,(H,83,96)(H,84,97)(H,85,98)(H,86,91)(H,87,99)(H,93,94)(H3,81,82,101)/t56?,57-,58-,62+,63+,64-,68+,69+,70+,71+,72-,73-/m1/s1. The molecule has 12 atom stereocenters. The zero-order valence-electron chi connectivity index (χ0n) is 69.7. The van der Waals surface area contributed by atoms with Crippen LogP contribution in [0.1, 0.15) is 138 Å². The van der Waals surface area contributed by atoms with Crippen LogP contribution in [0.15, 0.2) is 54.6 Å². The molecule has 0 spiro atoms. The number of rotatable bonds is 62. The maximum Gasteiger partial charge on any atom is 0.410 e. The van der Waals surface area contributed by atoms with Gasteiger partial charge in [-0.25, -0.2) is 9.59 Å². The summed E-state index contributed by atoms with van der Waals surface area (Å²) in [7, 11) is 6.08. The number of benzene rings is 2. The van der Waals surface area contributed by atoms with Gasteiger partial charge in [0.1, 0.15) is 30.8 Å². The molecular weight excluding hydrogens is 1480 g/mol. The molecule has 0 aliphatic carbocycles. The van der Waals surface area contributed by atoms with Crippen LogP contribution in [0.2, 0.25) is 0 Å². The van der Waals surface area contributed by atoms with Crippen molar-refractivity contribution in [3.05, 3.63) is 65.7 Å². The topological polar surface area (TPSA) is 430 Å². The zero-order valence-corrected chi connectivity index (χ0v) is 69.7. The first-order valence-electron chi connectivity index (χ1n) is 39.8. The highest BCUT2D eigenvalue weighted by Gasteiger charge is 2.44. The van der Waals surface area contributed by atoms with E-state index in [1.54, 1.807) is 109 Å².